The van der Waals surface area contributed by atoms with E-state index in [4.69, 9.17) is 5.11 Å². The van der Waals surface area contributed by atoms with Crippen LogP contribution in [-0.4, -0.2) is 62.3 Å². The fourth-order valence-electron chi connectivity index (χ4n) is 2.29. The molecular weight excluding hydrogens is 288 g/mol. The molecule has 132 valence electrons. The van der Waals surface area contributed by atoms with Gasteiger partial charge < -0.3 is 25.5 Å². The Kier molecular flexibility index (Phi) is 12.6. The van der Waals surface area contributed by atoms with Crippen LogP contribution in [0.1, 0.15) is 64.7 Å². The molecule has 0 heterocycles. The number of rotatable bonds is 14. The third-order valence-electron chi connectivity index (χ3n) is 3.86. The third kappa shape index (κ3) is 8.80. The van der Waals surface area contributed by atoms with Crippen LogP contribution in [0.5, 0.6) is 0 Å². The van der Waals surface area contributed by atoms with Crippen LogP contribution in [0.3, 0.4) is 0 Å². The Morgan fingerprint density at radius 3 is 1.82 bits per heavy atom. The molecule has 0 amide bonds. The first-order valence-electron chi connectivity index (χ1n) is 8.31. The van der Waals surface area contributed by atoms with Gasteiger partial charge in [0.05, 0.1) is 6.61 Å². The lowest BCUT2D eigenvalue weighted by Crippen LogP contribution is -2.48. The number of unbranched alkanes of at least 4 members (excludes halogenated alkanes) is 7. The second kappa shape index (κ2) is 13.0. The van der Waals surface area contributed by atoms with Gasteiger partial charge in [0, 0.05) is 6.42 Å². The first-order valence-corrected chi connectivity index (χ1v) is 8.31. The molecule has 6 nitrogen and oxygen atoms in total. The molecule has 0 aromatic heterocycles. The lowest BCUT2D eigenvalue weighted by molar-refractivity contribution is -0.147. The first-order chi connectivity index (χ1) is 10.5. The van der Waals surface area contributed by atoms with Gasteiger partial charge in [-0.3, -0.25) is 4.79 Å². The molecule has 0 aromatic rings. The van der Waals surface area contributed by atoms with E-state index in [0.717, 1.165) is 19.3 Å². The Labute approximate surface area is 132 Å². The highest BCUT2D eigenvalue weighted by Crippen LogP contribution is 2.12. The van der Waals surface area contributed by atoms with Crippen LogP contribution in [0.4, 0.5) is 0 Å². The summed E-state index contributed by atoms with van der Waals surface area (Å²) in [5.41, 5.74) is 0. The van der Waals surface area contributed by atoms with Gasteiger partial charge in [0.25, 0.3) is 0 Å². The van der Waals surface area contributed by atoms with Crippen molar-refractivity contribution in [1.29, 1.82) is 0 Å². The molecule has 5 N–H and O–H groups in total. The average molecular weight is 320 g/mol. The normalized spacial score (nSPS) is 17.0. The maximum Gasteiger partial charge on any atom is 0.164 e. The summed E-state index contributed by atoms with van der Waals surface area (Å²) < 4.78 is 0. The Bertz CT molecular complexity index is 284. The molecule has 4 unspecified atom stereocenters. The summed E-state index contributed by atoms with van der Waals surface area (Å²) in [5.74, 6) is -0.553. The molecule has 6 heteroatoms. The van der Waals surface area contributed by atoms with Crippen molar-refractivity contribution in [3.8, 4) is 0 Å². The molecule has 0 aromatic carbocycles. The van der Waals surface area contributed by atoms with Crippen LogP contribution in [0, 0.1) is 0 Å². The second-order valence-corrected chi connectivity index (χ2v) is 5.87. The molecule has 0 saturated carbocycles. The maximum atomic E-state index is 11.7. The topological polar surface area (TPSA) is 118 Å². The monoisotopic (exact) mass is 320 g/mol. The van der Waals surface area contributed by atoms with Crippen LogP contribution >= 0.6 is 0 Å². The summed E-state index contributed by atoms with van der Waals surface area (Å²) >= 11 is 0. The zero-order valence-corrected chi connectivity index (χ0v) is 13.5. The van der Waals surface area contributed by atoms with Gasteiger partial charge in [-0.15, -0.1) is 0 Å². The summed E-state index contributed by atoms with van der Waals surface area (Å²) in [7, 11) is 0. The summed E-state index contributed by atoms with van der Waals surface area (Å²) in [6.45, 7) is 1.42. The van der Waals surface area contributed by atoms with E-state index in [0.29, 0.717) is 6.42 Å². The Morgan fingerprint density at radius 2 is 1.32 bits per heavy atom. The van der Waals surface area contributed by atoms with E-state index in [1.807, 2.05) is 0 Å². The predicted octanol–water partition coefficient (Wildman–Crippen LogP) is 0.522. The molecule has 0 fully saturated rings. The van der Waals surface area contributed by atoms with E-state index >= 15 is 0 Å². The zero-order valence-electron chi connectivity index (χ0n) is 13.5. The minimum atomic E-state index is -1.79. The van der Waals surface area contributed by atoms with Gasteiger partial charge in [0.15, 0.2) is 5.78 Å². The Hall–Kier alpha value is -0.530. The van der Waals surface area contributed by atoms with Crippen molar-refractivity contribution in [3.63, 3.8) is 0 Å². The third-order valence-corrected chi connectivity index (χ3v) is 3.86. The standard InChI is InChI=1S/C16H32O6/c1-2-3-4-5-6-7-8-9-10-12(18)14(20)16(22)15(21)13(19)11-17/h13-17,19-22H,2-11H2,1H3. The van der Waals surface area contributed by atoms with Gasteiger partial charge in [0.1, 0.15) is 24.4 Å². The molecule has 4 atom stereocenters. The minimum absolute atomic E-state index is 0.134. The first kappa shape index (κ1) is 21.5. The van der Waals surface area contributed by atoms with Crippen LogP contribution in [-0.2, 0) is 4.79 Å². The molecule has 0 bridgehead atoms. The van der Waals surface area contributed by atoms with E-state index in [2.05, 4.69) is 6.92 Å². The van der Waals surface area contributed by atoms with Gasteiger partial charge in [-0.2, -0.15) is 0 Å². The number of aliphatic hydroxyl groups excluding tert-OH is 5. The van der Waals surface area contributed by atoms with Crippen molar-refractivity contribution in [1.82, 2.24) is 0 Å². The lowest BCUT2D eigenvalue weighted by atomic mass is 9.97. The van der Waals surface area contributed by atoms with E-state index in [-0.39, 0.29) is 6.42 Å². The van der Waals surface area contributed by atoms with Gasteiger partial charge >= 0.3 is 0 Å². The van der Waals surface area contributed by atoms with Gasteiger partial charge in [-0.25, -0.2) is 0 Å². The second-order valence-electron chi connectivity index (χ2n) is 5.87. The molecule has 22 heavy (non-hydrogen) atoms. The number of ketones is 1. The van der Waals surface area contributed by atoms with Gasteiger partial charge in [-0.05, 0) is 6.42 Å². The fourth-order valence-corrected chi connectivity index (χ4v) is 2.29. The quantitative estimate of drug-likeness (QED) is 0.298. The van der Waals surface area contributed by atoms with Crippen molar-refractivity contribution in [3.05, 3.63) is 0 Å². The fraction of sp³-hybridized carbons (Fsp3) is 0.938. The summed E-state index contributed by atoms with van der Waals surface area (Å²) in [6, 6.07) is 0. The minimum Gasteiger partial charge on any atom is -0.394 e. The number of carbonyl (C=O) groups excluding carboxylic acids is 1. The number of hydrogen-bond donors (Lipinski definition) is 5. The number of hydrogen-bond acceptors (Lipinski definition) is 6. The summed E-state index contributed by atoms with van der Waals surface area (Å²) in [6.07, 6.45) is 1.90. The highest BCUT2D eigenvalue weighted by atomic mass is 16.4. The molecule has 0 aliphatic heterocycles. The highest BCUT2D eigenvalue weighted by Gasteiger charge is 2.33. The molecule has 0 aliphatic carbocycles. The zero-order chi connectivity index (χ0) is 17.0. The molecule has 0 aliphatic rings. The molecular formula is C16H32O6. The number of Topliss-reactive ketones (excluding diaryl/α,β-unsaturated/α-hetero) is 1. The van der Waals surface area contributed by atoms with E-state index in [1.165, 1.54) is 25.7 Å². The highest BCUT2D eigenvalue weighted by molar-refractivity contribution is 5.83. The van der Waals surface area contributed by atoms with Crippen LogP contribution in [0.15, 0.2) is 0 Å². The van der Waals surface area contributed by atoms with Gasteiger partial charge in [-0.1, -0.05) is 51.9 Å². The Morgan fingerprint density at radius 1 is 0.818 bits per heavy atom. The van der Waals surface area contributed by atoms with E-state index in [9.17, 15) is 25.2 Å². The number of aliphatic hydroxyl groups is 5. The van der Waals surface area contributed by atoms with Crippen molar-refractivity contribution < 1.29 is 30.3 Å². The lowest BCUT2D eigenvalue weighted by Gasteiger charge is -2.24. The van der Waals surface area contributed by atoms with Crippen molar-refractivity contribution in [2.24, 2.45) is 0 Å². The summed E-state index contributed by atoms with van der Waals surface area (Å²) in [4.78, 5) is 11.7. The van der Waals surface area contributed by atoms with Gasteiger partial charge in [0.2, 0.25) is 0 Å². The smallest absolute Gasteiger partial charge is 0.164 e. The van der Waals surface area contributed by atoms with E-state index in [1.54, 1.807) is 0 Å². The number of carbonyl (C=O) groups is 1. The van der Waals surface area contributed by atoms with Crippen LogP contribution in [0.2, 0.25) is 0 Å². The Balaban J connectivity index is 3.82. The SMILES string of the molecule is CCCCCCCCCCC(=O)C(O)C(O)C(O)C(O)CO. The molecule has 0 rings (SSSR count). The van der Waals surface area contributed by atoms with Crippen molar-refractivity contribution in [2.45, 2.75) is 89.1 Å². The van der Waals surface area contributed by atoms with Crippen molar-refractivity contribution in [2.75, 3.05) is 6.61 Å². The predicted molar refractivity (Wildman–Crippen MR) is 83.3 cm³/mol. The van der Waals surface area contributed by atoms with Crippen LogP contribution < -0.4 is 0 Å². The largest absolute Gasteiger partial charge is 0.394 e. The summed E-state index contributed by atoms with van der Waals surface area (Å²) in [5, 5.41) is 46.5. The average Bonchev–Trinajstić information content (AvgIpc) is 2.54. The van der Waals surface area contributed by atoms with E-state index < -0.39 is 36.8 Å². The molecule has 0 spiro atoms. The van der Waals surface area contributed by atoms with Crippen molar-refractivity contribution >= 4 is 5.78 Å². The maximum absolute atomic E-state index is 11.7. The van der Waals surface area contributed by atoms with Crippen LogP contribution in [0.25, 0.3) is 0 Å². The molecule has 0 radical (unpaired) electrons. The molecule has 0 saturated heterocycles.